The van der Waals surface area contributed by atoms with Crippen molar-refractivity contribution in [2.75, 3.05) is 11.9 Å². The van der Waals surface area contributed by atoms with E-state index in [0.29, 0.717) is 0 Å². The van der Waals surface area contributed by atoms with E-state index in [1.807, 2.05) is 61.5 Å². The molecular formula is C21H18FNOS. The number of hydrogen-bond donors (Lipinski definition) is 0. The SMILES string of the molecule is CN1C(=O)[C@](C)(C/C(F)=C/c2cc3ccccc3s2)c2ccccc21. The van der Waals surface area contributed by atoms with E-state index in [1.54, 1.807) is 29.4 Å². The highest BCUT2D eigenvalue weighted by Crippen LogP contribution is 2.45. The smallest absolute Gasteiger partial charge is 0.237 e. The van der Waals surface area contributed by atoms with Crippen LogP contribution in [-0.2, 0) is 10.2 Å². The Labute approximate surface area is 150 Å². The number of amides is 1. The molecule has 126 valence electrons. The van der Waals surface area contributed by atoms with Gasteiger partial charge in [-0.1, -0.05) is 36.4 Å². The van der Waals surface area contributed by atoms with Crippen molar-refractivity contribution in [3.63, 3.8) is 0 Å². The number of fused-ring (bicyclic) bond motifs is 2. The Bertz CT molecular complexity index is 973. The van der Waals surface area contributed by atoms with Crippen LogP contribution in [0.1, 0.15) is 23.8 Å². The summed E-state index contributed by atoms with van der Waals surface area (Å²) in [6, 6.07) is 17.6. The number of likely N-dealkylation sites (N-methyl/N-ethyl adjacent to an activating group) is 1. The van der Waals surface area contributed by atoms with Gasteiger partial charge in [-0.25, -0.2) is 4.39 Å². The van der Waals surface area contributed by atoms with Crippen molar-refractivity contribution in [2.45, 2.75) is 18.8 Å². The lowest BCUT2D eigenvalue weighted by atomic mass is 9.80. The largest absolute Gasteiger partial charge is 0.314 e. The van der Waals surface area contributed by atoms with E-state index in [-0.39, 0.29) is 18.2 Å². The monoisotopic (exact) mass is 351 g/mol. The van der Waals surface area contributed by atoms with Gasteiger partial charge >= 0.3 is 0 Å². The molecule has 1 aliphatic rings. The molecule has 0 unspecified atom stereocenters. The van der Waals surface area contributed by atoms with Gasteiger partial charge in [-0.15, -0.1) is 11.3 Å². The minimum atomic E-state index is -0.859. The summed E-state index contributed by atoms with van der Waals surface area (Å²) in [5.74, 6) is -0.332. The number of carbonyl (C=O) groups is 1. The van der Waals surface area contributed by atoms with Crippen molar-refractivity contribution < 1.29 is 9.18 Å². The first kappa shape index (κ1) is 16.0. The van der Waals surface area contributed by atoms with E-state index in [2.05, 4.69) is 0 Å². The normalized spacial score (nSPS) is 20.4. The van der Waals surface area contributed by atoms with Crippen LogP contribution in [0.2, 0.25) is 0 Å². The number of thiophene rings is 1. The molecule has 0 N–H and O–H groups in total. The number of halogens is 1. The molecule has 0 radical (unpaired) electrons. The third-order valence-electron chi connectivity index (χ3n) is 4.90. The summed E-state index contributed by atoms with van der Waals surface area (Å²) in [6.07, 6.45) is 1.63. The molecule has 4 heteroatoms. The number of allylic oxidation sites excluding steroid dienone is 1. The van der Waals surface area contributed by atoms with Gasteiger partial charge in [0.2, 0.25) is 5.91 Å². The Hall–Kier alpha value is -2.46. The average molecular weight is 351 g/mol. The van der Waals surface area contributed by atoms with Crippen molar-refractivity contribution in [3.8, 4) is 0 Å². The molecule has 0 spiro atoms. The Morgan fingerprint density at radius 2 is 1.92 bits per heavy atom. The minimum Gasteiger partial charge on any atom is -0.314 e. The Morgan fingerprint density at radius 1 is 1.20 bits per heavy atom. The Morgan fingerprint density at radius 3 is 2.72 bits per heavy atom. The molecule has 25 heavy (non-hydrogen) atoms. The van der Waals surface area contributed by atoms with Crippen LogP contribution in [0, 0.1) is 0 Å². The molecule has 1 amide bonds. The summed E-state index contributed by atoms with van der Waals surface area (Å²) in [5, 5.41) is 1.11. The molecule has 0 saturated carbocycles. The summed E-state index contributed by atoms with van der Waals surface area (Å²) in [5.41, 5.74) is 0.898. The summed E-state index contributed by atoms with van der Waals surface area (Å²) >= 11 is 1.56. The lowest BCUT2D eigenvalue weighted by Gasteiger charge is -2.22. The maximum atomic E-state index is 14.8. The second kappa shape index (κ2) is 5.81. The maximum absolute atomic E-state index is 14.8. The van der Waals surface area contributed by atoms with Gasteiger partial charge in [0.1, 0.15) is 5.83 Å². The second-order valence-corrected chi connectivity index (χ2v) is 7.78. The molecule has 0 fully saturated rings. The van der Waals surface area contributed by atoms with Crippen molar-refractivity contribution >= 4 is 39.1 Å². The first-order chi connectivity index (χ1) is 12.0. The van der Waals surface area contributed by atoms with Crippen molar-refractivity contribution in [3.05, 3.63) is 70.9 Å². The van der Waals surface area contributed by atoms with E-state index in [1.165, 1.54) is 0 Å². The molecule has 3 aromatic rings. The fourth-order valence-corrected chi connectivity index (χ4v) is 4.63. The van der Waals surface area contributed by atoms with E-state index in [9.17, 15) is 9.18 Å². The molecule has 2 aromatic carbocycles. The fourth-order valence-electron chi connectivity index (χ4n) is 3.61. The minimum absolute atomic E-state index is 0.0615. The molecule has 1 aromatic heterocycles. The van der Waals surface area contributed by atoms with Crippen LogP contribution in [0.15, 0.2) is 60.4 Å². The zero-order valence-corrected chi connectivity index (χ0v) is 14.9. The summed E-state index contributed by atoms with van der Waals surface area (Å²) in [6.45, 7) is 1.83. The molecule has 0 aliphatic carbocycles. The van der Waals surface area contributed by atoms with Gasteiger partial charge in [-0.3, -0.25) is 4.79 Å². The second-order valence-electron chi connectivity index (χ2n) is 6.67. The number of carbonyl (C=O) groups excluding carboxylic acids is 1. The molecule has 1 aliphatic heterocycles. The first-order valence-electron chi connectivity index (χ1n) is 8.21. The summed E-state index contributed by atoms with van der Waals surface area (Å²) in [7, 11) is 1.75. The first-order valence-corrected chi connectivity index (χ1v) is 9.03. The van der Waals surface area contributed by atoms with Gasteiger partial charge < -0.3 is 4.90 Å². The van der Waals surface area contributed by atoms with E-state index < -0.39 is 5.41 Å². The number of benzene rings is 2. The fraction of sp³-hybridized carbons (Fsp3) is 0.190. The quantitative estimate of drug-likeness (QED) is 0.607. The standard InChI is InChI=1S/C21H18FNOS/c1-21(17-8-4-5-9-18(17)23(2)20(21)24)13-15(22)12-16-11-14-7-3-6-10-19(14)25-16/h3-12H,13H2,1-2H3/b15-12-/t21-/m1/s1. The Balaban J connectivity index is 1.68. The van der Waals surface area contributed by atoms with Gasteiger partial charge in [0.25, 0.3) is 0 Å². The van der Waals surface area contributed by atoms with Crippen molar-refractivity contribution in [2.24, 2.45) is 0 Å². The third kappa shape index (κ3) is 2.57. The maximum Gasteiger partial charge on any atom is 0.237 e. The van der Waals surface area contributed by atoms with Crippen LogP contribution in [-0.4, -0.2) is 13.0 Å². The van der Waals surface area contributed by atoms with Crippen LogP contribution in [0.5, 0.6) is 0 Å². The predicted molar refractivity (Wildman–Crippen MR) is 103 cm³/mol. The molecule has 2 heterocycles. The van der Waals surface area contributed by atoms with Crippen LogP contribution >= 0.6 is 11.3 Å². The van der Waals surface area contributed by atoms with Gasteiger partial charge in [0.15, 0.2) is 0 Å². The molecule has 0 saturated heterocycles. The Kier molecular flexibility index (Phi) is 3.73. The molecular weight excluding hydrogens is 333 g/mol. The van der Waals surface area contributed by atoms with Crippen molar-refractivity contribution in [1.29, 1.82) is 0 Å². The number of hydrogen-bond acceptors (Lipinski definition) is 2. The van der Waals surface area contributed by atoms with Crippen LogP contribution in [0.25, 0.3) is 16.2 Å². The number of nitrogens with zero attached hydrogens (tertiary/aromatic N) is 1. The van der Waals surface area contributed by atoms with Gasteiger partial charge in [-0.2, -0.15) is 0 Å². The van der Waals surface area contributed by atoms with Gasteiger partial charge in [-0.05, 0) is 42.1 Å². The van der Waals surface area contributed by atoms with Crippen LogP contribution in [0.4, 0.5) is 10.1 Å². The van der Waals surface area contributed by atoms with Crippen LogP contribution in [0.3, 0.4) is 0 Å². The summed E-state index contributed by atoms with van der Waals surface area (Å²) in [4.78, 5) is 15.2. The lowest BCUT2D eigenvalue weighted by molar-refractivity contribution is -0.122. The third-order valence-corrected chi connectivity index (χ3v) is 5.97. The summed E-state index contributed by atoms with van der Waals surface area (Å²) < 4.78 is 15.9. The highest BCUT2D eigenvalue weighted by molar-refractivity contribution is 7.19. The zero-order valence-electron chi connectivity index (χ0n) is 14.1. The van der Waals surface area contributed by atoms with Crippen LogP contribution < -0.4 is 4.90 Å². The van der Waals surface area contributed by atoms with E-state index >= 15 is 0 Å². The highest BCUT2D eigenvalue weighted by atomic mass is 32.1. The topological polar surface area (TPSA) is 20.3 Å². The average Bonchev–Trinajstić information content (AvgIpc) is 3.08. The number of para-hydroxylation sites is 1. The zero-order chi connectivity index (χ0) is 17.6. The molecule has 0 bridgehead atoms. The van der Waals surface area contributed by atoms with Gasteiger partial charge in [0, 0.05) is 28.7 Å². The lowest BCUT2D eigenvalue weighted by Crippen LogP contribution is -2.36. The van der Waals surface area contributed by atoms with Crippen molar-refractivity contribution in [1.82, 2.24) is 0 Å². The van der Waals surface area contributed by atoms with E-state index in [4.69, 9.17) is 0 Å². The number of rotatable bonds is 3. The molecule has 4 rings (SSSR count). The molecule has 2 nitrogen and oxygen atoms in total. The predicted octanol–water partition coefficient (Wildman–Crippen LogP) is 5.54. The number of anilines is 1. The van der Waals surface area contributed by atoms with E-state index in [0.717, 1.165) is 26.2 Å². The van der Waals surface area contributed by atoms with Gasteiger partial charge in [0.05, 0.1) is 5.41 Å². The highest BCUT2D eigenvalue weighted by Gasteiger charge is 2.46. The molecule has 1 atom stereocenters.